The Morgan fingerprint density at radius 1 is 1.17 bits per heavy atom. The molecule has 0 saturated carbocycles. The van der Waals surface area contributed by atoms with E-state index in [1.54, 1.807) is 11.3 Å². The number of nitrogens with zero attached hydrogens (tertiary/aromatic N) is 3. The molecule has 0 aliphatic heterocycles. The molecule has 0 aliphatic carbocycles. The van der Waals surface area contributed by atoms with Gasteiger partial charge in [0.15, 0.2) is 16.6 Å². The molecular weight excluding hydrogens is 326 g/mol. The number of pyridine rings is 1. The number of fused-ring (bicyclic) bond motifs is 2. The van der Waals surface area contributed by atoms with E-state index < -0.39 is 0 Å². The SMILES string of the molecule is Cc1c(C(=O)CSc2nnc3ccccn23)sc2ccccc12. The Balaban J connectivity index is 1.59. The second-order valence-corrected chi connectivity index (χ2v) is 7.17. The predicted octanol–water partition coefficient (Wildman–Crippen LogP) is 4.23. The van der Waals surface area contributed by atoms with Crippen molar-refractivity contribution in [2.24, 2.45) is 0 Å². The van der Waals surface area contributed by atoms with Crippen LogP contribution in [0.2, 0.25) is 0 Å². The third kappa shape index (κ3) is 2.54. The summed E-state index contributed by atoms with van der Waals surface area (Å²) in [7, 11) is 0. The maximum absolute atomic E-state index is 12.6. The van der Waals surface area contributed by atoms with Crippen molar-refractivity contribution in [2.45, 2.75) is 12.1 Å². The number of carbonyl (C=O) groups excluding carboxylic acids is 1. The van der Waals surface area contributed by atoms with Gasteiger partial charge in [0.25, 0.3) is 0 Å². The largest absolute Gasteiger partial charge is 0.292 e. The first-order valence-electron chi connectivity index (χ1n) is 7.18. The zero-order chi connectivity index (χ0) is 15.8. The summed E-state index contributed by atoms with van der Waals surface area (Å²) < 4.78 is 3.06. The molecule has 0 amide bonds. The number of aryl methyl sites for hydroxylation is 1. The maximum atomic E-state index is 12.6. The second kappa shape index (κ2) is 5.79. The van der Waals surface area contributed by atoms with Crippen LogP contribution in [0.25, 0.3) is 15.7 Å². The number of ketones is 1. The molecule has 23 heavy (non-hydrogen) atoms. The zero-order valence-electron chi connectivity index (χ0n) is 12.4. The van der Waals surface area contributed by atoms with Crippen molar-refractivity contribution in [3.05, 3.63) is 59.1 Å². The molecule has 0 aliphatic rings. The van der Waals surface area contributed by atoms with Crippen LogP contribution in [0.5, 0.6) is 0 Å². The fraction of sp³-hybridized carbons (Fsp3) is 0.118. The summed E-state index contributed by atoms with van der Waals surface area (Å²) in [6, 6.07) is 13.9. The Kier molecular flexibility index (Phi) is 3.63. The third-order valence-corrected chi connectivity index (χ3v) is 5.97. The lowest BCUT2D eigenvalue weighted by molar-refractivity contribution is 0.102. The van der Waals surface area contributed by atoms with E-state index in [9.17, 15) is 4.79 Å². The van der Waals surface area contributed by atoms with Crippen LogP contribution < -0.4 is 0 Å². The van der Waals surface area contributed by atoms with Gasteiger partial charge >= 0.3 is 0 Å². The highest BCUT2D eigenvalue weighted by Gasteiger charge is 2.16. The monoisotopic (exact) mass is 339 g/mol. The van der Waals surface area contributed by atoms with Crippen molar-refractivity contribution in [3.8, 4) is 0 Å². The first-order valence-corrected chi connectivity index (χ1v) is 8.98. The number of hydrogen-bond donors (Lipinski definition) is 0. The molecule has 0 radical (unpaired) electrons. The molecule has 0 unspecified atom stereocenters. The normalized spacial score (nSPS) is 11.3. The number of Topliss-reactive ketones (excluding diaryl/α,β-unsaturated/α-hetero) is 1. The fourth-order valence-corrected chi connectivity index (χ4v) is 4.59. The van der Waals surface area contributed by atoms with Gasteiger partial charge < -0.3 is 0 Å². The minimum atomic E-state index is 0.140. The number of benzene rings is 1. The third-order valence-electron chi connectivity index (χ3n) is 3.71. The van der Waals surface area contributed by atoms with Gasteiger partial charge in [0.1, 0.15) is 0 Å². The molecule has 0 spiro atoms. The van der Waals surface area contributed by atoms with Crippen LogP contribution in [-0.2, 0) is 0 Å². The Bertz CT molecular complexity index is 1020. The van der Waals surface area contributed by atoms with Crippen LogP contribution in [0, 0.1) is 6.92 Å². The number of carbonyl (C=O) groups is 1. The summed E-state index contributed by atoms with van der Waals surface area (Å²) in [6.07, 6.45) is 1.91. The van der Waals surface area contributed by atoms with Gasteiger partial charge in [0, 0.05) is 10.9 Å². The van der Waals surface area contributed by atoms with Crippen LogP contribution >= 0.6 is 23.1 Å². The van der Waals surface area contributed by atoms with Crippen LogP contribution in [0.4, 0.5) is 0 Å². The molecule has 0 bridgehead atoms. The highest BCUT2D eigenvalue weighted by Crippen LogP contribution is 2.32. The molecule has 1 aromatic carbocycles. The van der Waals surface area contributed by atoms with E-state index >= 15 is 0 Å². The Hall–Kier alpha value is -2.18. The quantitative estimate of drug-likeness (QED) is 0.412. The van der Waals surface area contributed by atoms with Crippen molar-refractivity contribution < 1.29 is 4.79 Å². The molecule has 0 saturated heterocycles. The second-order valence-electron chi connectivity index (χ2n) is 5.18. The van der Waals surface area contributed by atoms with E-state index in [0.717, 1.165) is 25.9 Å². The first-order chi connectivity index (χ1) is 11.2. The summed E-state index contributed by atoms with van der Waals surface area (Å²) in [5, 5.41) is 10.2. The highest BCUT2D eigenvalue weighted by molar-refractivity contribution is 7.99. The smallest absolute Gasteiger partial charge is 0.196 e. The van der Waals surface area contributed by atoms with E-state index in [-0.39, 0.29) is 5.78 Å². The van der Waals surface area contributed by atoms with E-state index in [1.165, 1.54) is 17.1 Å². The molecule has 3 aromatic heterocycles. The topological polar surface area (TPSA) is 47.3 Å². The Morgan fingerprint density at radius 3 is 2.87 bits per heavy atom. The molecule has 0 atom stereocenters. The number of aromatic nitrogens is 3. The van der Waals surface area contributed by atoms with Crippen molar-refractivity contribution in [2.75, 3.05) is 5.75 Å². The molecule has 4 rings (SSSR count). The molecule has 4 nitrogen and oxygen atoms in total. The lowest BCUT2D eigenvalue weighted by Crippen LogP contribution is -2.02. The first kappa shape index (κ1) is 14.4. The average Bonchev–Trinajstić information content (AvgIpc) is 3.15. The van der Waals surface area contributed by atoms with Gasteiger partial charge in [-0.05, 0) is 36.1 Å². The minimum Gasteiger partial charge on any atom is -0.292 e. The minimum absolute atomic E-state index is 0.140. The van der Waals surface area contributed by atoms with Gasteiger partial charge in [-0.25, -0.2) is 0 Å². The summed E-state index contributed by atoms with van der Waals surface area (Å²) in [6.45, 7) is 2.02. The molecule has 114 valence electrons. The van der Waals surface area contributed by atoms with Crippen LogP contribution in [0.15, 0.2) is 53.8 Å². The average molecular weight is 339 g/mol. The zero-order valence-corrected chi connectivity index (χ0v) is 14.0. The van der Waals surface area contributed by atoms with Gasteiger partial charge in [-0.15, -0.1) is 21.5 Å². The van der Waals surface area contributed by atoms with E-state index in [4.69, 9.17) is 0 Å². The van der Waals surface area contributed by atoms with Gasteiger partial charge in [-0.2, -0.15) is 0 Å². The molecule has 0 fully saturated rings. The van der Waals surface area contributed by atoms with Crippen molar-refractivity contribution in [1.29, 1.82) is 0 Å². The van der Waals surface area contributed by atoms with Gasteiger partial charge in [-0.1, -0.05) is 36.0 Å². The Morgan fingerprint density at radius 2 is 2.00 bits per heavy atom. The van der Waals surface area contributed by atoms with Crippen molar-refractivity contribution in [1.82, 2.24) is 14.6 Å². The molecule has 6 heteroatoms. The Labute approximate surface area is 141 Å². The molecular formula is C17H13N3OS2. The number of hydrogen-bond acceptors (Lipinski definition) is 5. The van der Waals surface area contributed by atoms with Gasteiger partial charge in [-0.3, -0.25) is 9.20 Å². The van der Waals surface area contributed by atoms with E-state index in [0.29, 0.717) is 5.75 Å². The fourth-order valence-electron chi connectivity index (χ4n) is 2.55. The summed E-state index contributed by atoms with van der Waals surface area (Å²) in [5.74, 6) is 0.505. The predicted molar refractivity (Wildman–Crippen MR) is 94.6 cm³/mol. The summed E-state index contributed by atoms with van der Waals surface area (Å²) >= 11 is 2.99. The van der Waals surface area contributed by atoms with Crippen LogP contribution in [0.3, 0.4) is 0 Å². The number of thiophene rings is 1. The number of rotatable bonds is 4. The van der Waals surface area contributed by atoms with E-state index in [2.05, 4.69) is 22.3 Å². The van der Waals surface area contributed by atoms with Gasteiger partial charge in [0.05, 0.1) is 10.6 Å². The molecule has 4 aromatic rings. The maximum Gasteiger partial charge on any atom is 0.196 e. The lowest BCUT2D eigenvalue weighted by atomic mass is 10.1. The van der Waals surface area contributed by atoms with Crippen LogP contribution in [0.1, 0.15) is 15.2 Å². The molecule has 0 N–H and O–H groups in total. The summed E-state index contributed by atoms with van der Waals surface area (Å²) in [4.78, 5) is 13.4. The standard InChI is InChI=1S/C17H13N3OS2/c1-11-12-6-2-3-7-14(12)23-16(11)13(21)10-22-17-19-18-15-8-4-5-9-20(15)17/h2-9H,10H2,1H3. The molecule has 3 heterocycles. The van der Waals surface area contributed by atoms with Gasteiger partial charge in [0.2, 0.25) is 0 Å². The summed E-state index contributed by atoms with van der Waals surface area (Å²) in [5.41, 5.74) is 1.86. The highest BCUT2D eigenvalue weighted by atomic mass is 32.2. The van der Waals surface area contributed by atoms with Crippen molar-refractivity contribution >= 4 is 44.6 Å². The van der Waals surface area contributed by atoms with E-state index in [1.807, 2.05) is 47.9 Å². The van der Waals surface area contributed by atoms with Crippen LogP contribution in [-0.4, -0.2) is 26.1 Å². The van der Waals surface area contributed by atoms with Crippen molar-refractivity contribution in [3.63, 3.8) is 0 Å². The lowest BCUT2D eigenvalue weighted by Gasteiger charge is -2.00. The number of thioether (sulfide) groups is 1.